The van der Waals surface area contributed by atoms with E-state index in [1.54, 1.807) is 18.3 Å². The second-order valence-electron chi connectivity index (χ2n) is 5.36. The van der Waals surface area contributed by atoms with E-state index in [-0.39, 0.29) is 5.56 Å². The van der Waals surface area contributed by atoms with Gasteiger partial charge < -0.3 is 5.32 Å². The highest BCUT2D eigenvalue weighted by Gasteiger charge is 2.07. The van der Waals surface area contributed by atoms with E-state index in [1.165, 1.54) is 4.40 Å². The Bertz CT molecular complexity index is 1080. The van der Waals surface area contributed by atoms with Gasteiger partial charge in [-0.15, -0.1) is 0 Å². The molecule has 4 rings (SSSR count). The summed E-state index contributed by atoms with van der Waals surface area (Å²) in [6.45, 7) is 2.03. The van der Waals surface area contributed by atoms with Crippen LogP contribution in [0.3, 0.4) is 0 Å². The number of para-hydroxylation sites is 2. The number of fused-ring (bicyclic) bond motifs is 2. The van der Waals surface area contributed by atoms with Crippen LogP contribution in [0.4, 0.5) is 11.5 Å². The molecule has 0 spiro atoms. The van der Waals surface area contributed by atoms with E-state index in [4.69, 9.17) is 0 Å². The van der Waals surface area contributed by atoms with Crippen molar-refractivity contribution in [3.8, 4) is 0 Å². The fourth-order valence-electron chi connectivity index (χ4n) is 2.56. The monoisotopic (exact) mass is 302 g/mol. The van der Waals surface area contributed by atoms with Crippen molar-refractivity contribution < 1.29 is 0 Å². The predicted octanol–water partition coefficient (Wildman–Crippen LogP) is 3.29. The Kier molecular flexibility index (Phi) is 3.05. The Labute approximate surface area is 132 Å². The molecule has 0 fully saturated rings. The molecule has 2 aromatic heterocycles. The second kappa shape index (κ2) is 5.21. The molecule has 2 heterocycles. The van der Waals surface area contributed by atoms with E-state index in [9.17, 15) is 4.79 Å². The van der Waals surface area contributed by atoms with Gasteiger partial charge >= 0.3 is 0 Å². The molecule has 5 heteroatoms. The van der Waals surface area contributed by atoms with Crippen LogP contribution in [0.5, 0.6) is 0 Å². The molecule has 0 amide bonds. The maximum absolute atomic E-state index is 12.5. The van der Waals surface area contributed by atoms with Crippen LogP contribution in [0, 0.1) is 6.92 Å². The van der Waals surface area contributed by atoms with Crippen molar-refractivity contribution in [2.24, 2.45) is 0 Å². The molecule has 0 radical (unpaired) electrons. The smallest absolute Gasteiger partial charge is 0.266 e. The zero-order valence-corrected chi connectivity index (χ0v) is 12.5. The zero-order chi connectivity index (χ0) is 15.8. The molecule has 4 aromatic rings. The molecule has 5 nitrogen and oxygen atoms in total. The highest BCUT2D eigenvalue weighted by molar-refractivity contribution is 5.79. The highest BCUT2D eigenvalue weighted by atomic mass is 16.1. The van der Waals surface area contributed by atoms with Crippen LogP contribution < -0.4 is 10.9 Å². The van der Waals surface area contributed by atoms with Gasteiger partial charge in [-0.2, -0.15) is 4.98 Å². The number of anilines is 2. The first-order valence-corrected chi connectivity index (χ1v) is 7.33. The van der Waals surface area contributed by atoms with Crippen molar-refractivity contribution in [1.82, 2.24) is 14.4 Å². The van der Waals surface area contributed by atoms with Gasteiger partial charge in [-0.3, -0.25) is 9.20 Å². The van der Waals surface area contributed by atoms with Gasteiger partial charge in [-0.1, -0.05) is 30.3 Å². The Morgan fingerprint density at radius 2 is 1.74 bits per heavy atom. The van der Waals surface area contributed by atoms with Crippen molar-refractivity contribution in [2.75, 3.05) is 5.32 Å². The largest absolute Gasteiger partial charge is 0.340 e. The van der Waals surface area contributed by atoms with Gasteiger partial charge in [0.25, 0.3) is 5.56 Å². The van der Waals surface area contributed by atoms with Crippen molar-refractivity contribution in [2.45, 2.75) is 6.92 Å². The highest BCUT2D eigenvalue weighted by Crippen LogP contribution is 2.18. The van der Waals surface area contributed by atoms with Gasteiger partial charge in [0, 0.05) is 11.9 Å². The minimum atomic E-state index is -0.111. The first-order valence-electron chi connectivity index (χ1n) is 7.33. The van der Waals surface area contributed by atoms with Crippen molar-refractivity contribution >= 4 is 28.2 Å². The summed E-state index contributed by atoms with van der Waals surface area (Å²) in [5.41, 5.74) is 2.64. The standard InChI is InChI=1S/C18H14N4O/c1-12-6-2-4-8-14(12)19-16-10-11-22-17(23)13-7-3-5-9-15(13)20-18(22)21-16/h2-11H,1H3,(H,19,20,21). The fourth-order valence-corrected chi connectivity index (χ4v) is 2.56. The molecule has 0 bridgehead atoms. The molecular weight excluding hydrogens is 288 g/mol. The molecule has 0 aliphatic carbocycles. The van der Waals surface area contributed by atoms with E-state index in [0.717, 1.165) is 11.3 Å². The lowest BCUT2D eigenvalue weighted by Crippen LogP contribution is -2.16. The van der Waals surface area contributed by atoms with E-state index in [0.29, 0.717) is 22.5 Å². The molecule has 0 saturated heterocycles. The van der Waals surface area contributed by atoms with E-state index in [2.05, 4.69) is 15.3 Å². The van der Waals surface area contributed by atoms with Crippen LogP contribution in [0.25, 0.3) is 16.7 Å². The lowest BCUT2D eigenvalue weighted by Gasteiger charge is -2.09. The summed E-state index contributed by atoms with van der Waals surface area (Å²) in [4.78, 5) is 21.4. The quantitative estimate of drug-likeness (QED) is 0.577. The number of nitrogens with zero attached hydrogens (tertiary/aromatic N) is 3. The van der Waals surface area contributed by atoms with Crippen molar-refractivity contribution in [1.29, 1.82) is 0 Å². The Morgan fingerprint density at radius 1 is 0.957 bits per heavy atom. The number of aromatic nitrogens is 3. The molecule has 0 saturated carbocycles. The van der Waals surface area contributed by atoms with E-state index in [1.807, 2.05) is 49.4 Å². The van der Waals surface area contributed by atoms with E-state index >= 15 is 0 Å². The normalized spacial score (nSPS) is 11.0. The maximum atomic E-state index is 12.5. The molecule has 0 aliphatic rings. The zero-order valence-electron chi connectivity index (χ0n) is 12.5. The molecule has 2 aromatic carbocycles. The van der Waals surface area contributed by atoms with Crippen LogP contribution in [0.1, 0.15) is 5.56 Å². The van der Waals surface area contributed by atoms with Crippen LogP contribution in [0.15, 0.2) is 65.6 Å². The summed E-state index contributed by atoms with van der Waals surface area (Å²) in [6.07, 6.45) is 1.70. The summed E-state index contributed by atoms with van der Waals surface area (Å²) >= 11 is 0. The first-order chi connectivity index (χ1) is 11.2. The third-order valence-electron chi connectivity index (χ3n) is 3.80. The minimum Gasteiger partial charge on any atom is -0.340 e. The predicted molar refractivity (Wildman–Crippen MR) is 91.2 cm³/mol. The summed E-state index contributed by atoms with van der Waals surface area (Å²) in [7, 11) is 0. The summed E-state index contributed by atoms with van der Waals surface area (Å²) < 4.78 is 1.46. The average Bonchev–Trinajstić information content (AvgIpc) is 2.57. The Hall–Kier alpha value is -3.21. The topological polar surface area (TPSA) is 59.3 Å². The number of hydrogen-bond acceptors (Lipinski definition) is 4. The van der Waals surface area contributed by atoms with Crippen molar-refractivity contribution in [3.63, 3.8) is 0 Å². The van der Waals surface area contributed by atoms with Crippen molar-refractivity contribution in [3.05, 3.63) is 76.7 Å². The van der Waals surface area contributed by atoms with Crippen LogP contribution in [-0.4, -0.2) is 14.4 Å². The molecule has 0 unspecified atom stereocenters. The number of aryl methyl sites for hydroxylation is 1. The number of benzene rings is 2. The maximum Gasteiger partial charge on any atom is 0.266 e. The SMILES string of the molecule is Cc1ccccc1Nc1ccn2c(=O)c3ccccc3nc2n1. The summed E-state index contributed by atoms with van der Waals surface area (Å²) in [5.74, 6) is 1.04. The molecule has 23 heavy (non-hydrogen) atoms. The molecule has 0 aliphatic heterocycles. The third kappa shape index (κ3) is 2.32. The van der Waals surface area contributed by atoms with Gasteiger partial charge in [-0.25, -0.2) is 4.98 Å². The number of hydrogen-bond donors (Lipinski definition) is 1. The van der Waals surface area contributed by atoms with Gasteiger partial charge in [0.1, 0.15) is 5.82 Å². The summed E-state index contributed by atoms with van der Waals surface area (Å²) in [5, 5.41) is 3.85. The first kappa shape index (κ1) is 13.5. The fraction of sp³-hybridized carbons (Fsp3) is 0.0556. The molecule has 112 valence electrons. The Balaban J connectivity index is 1.86. The lowest BCUT2D eigenvalue weighted by molar-refractivity contribution is 1.03. The number of rotatable bonds is 2. The molecular formula is C18H14N4O. The van der Waals surface area contributed by atoms with Crippen LogP contribution in [-0.2, 0) is 0 Å². The van der Waals surface area contributed by atoms with Gasteiger partial charge in [-0.05, 0) is 36.8 Å². The summed E-state index contributed by atoms with van der Waals surface area (Å²) in [6, 6.07) is 17.0. The minimum absolute atomic E-state index is 0.111. The second-order valence-corrected chi connectivity index (χ2v) is 5.36. The van der Waals surface area contributed by atoms with Gasteiger partial charge in [0.05, 0.1) is 10.9 Å². The lowest BCUT2D eigenvalue weighted by atomic mass is 10.2. The van der Waals surface area contributed by atoms with Gasteiger partial charge in [0.15, 0.2) is 0 Å². The molecule has 1 N–H and O–H groups in total. The Morgan fingerprint density at radius 3 is 2.61 bits per heavy atom. The number of nitrogens with one attached hydrogen (secondary N) is 1. The van der Waals surface area contributed by atoms with E-state index < -0.39 is 0 Å². The third-order valence-corrected chi connectivity index (χ3v) is 3.80. The van der Waals surface area contributed by atoms with Gasteiger partial charge in [0.2, 0.25) is 5.78 Å². The van der Waals surface area contributed by atoms with Crippen LogP contribution in [0.2, 0.25) is 0 Å². The average molecular weight is 302 g/mol. The van der Waals surface area contributed by atoms with Crippen LogP contribution >= 0.6 is 0 Å². The molecule has 0 atom stereocenters.